The molecule has 1 aromatic carbocycles. The Hall–Kier alpha value is -1.88. The van der Waals surface area contributed by atoms with Crippen molar-refractivity contribution in [3.8, 4) is 5.75 Å². The third-order valence-electron chi connectivity index (χ3n) is 5.14. The number of ether oxygens (including phenoxy) is 1. The minimum atomic E-state index is 0.379. The van der Waals surface area contributed by atoms with Gasteiger partial charge in [0.15, 0.2) is 0 Å². The first-order chi connectivity index (χ1) is 12.2. The Bertz CT molecular complexity index is 650. The summed E-state index contributed by atoms with van der Waals surface area (Å²) < 4.78 is 10.7. The van der Waals surface area contributed by atoms with E-state index in [4.69, 9.17) is 9.37 Å². The van der Waals surface area contributed by atoms with Crippen molar-refractivity contribution >= 4 is 0 Å². The fraction of sp³-hybridized carbons (Fsp3) is 0.600. The zero-order valence-electron chi connectivity index (χ0n) is 15.3. The number of nitrogens with one attached hydrogen (secondary N) is 1. The van der Waals surface area contributed by atoms with Crippen LogP contribution in [0, 0.1) is 12.8 Å². The molecule has 5 heteroatoms. The lowest BCUT2D eigenvalue weighted by Gasteiger charge is -2.25. The molecule has 1 heterocycles. The second-order valence-electron chi connectivity index (χ2n) is 7.21. The molecule has 25 heavy (non-hydrogen) atoms. The maximum absolute atomic E-state index is 5.94. The molecule has 5 nitrogen and oxygen atoms in total. The summed E-state index contributed by atoms with van der Waals surface area (Å²) in [5.41, 5.74) is 2.69. The third kappa shape index (κ3) is 5.30. The summed E-state index contributed by atoms with van der Waals surface area (Å²) in [7, 11) is 0. The number of aromatic nitrogens is 2. The van der Waals surface area contributed by atoms with Gasteiger partial charge in [0.1, 0.15) is 23.7 Å². The van der Waals surface area contributed by atoms with E-state index in [-0.39, 0.29) is 0 Å². The summed E-state index contributed by atoms with van der Waals surface area (Å²) in [5, 5.41) is 11.3. The number of aryl methyl sites for hydroxylation is 1. The molecule has 0 aliphatic heterocycles. The van der Waals surface area contributed by atoms with E-state index in [0.29, 0.717) is 12.6 Å². The fourth-order valence-electron chi connectivity index (χ4n) is 3.61. The van der Waals surface area contributed by atoms with Crippen molar-refractivity contribution in [2.24, 2.45) is 5.92 Å². The average Bonchev–Trinajstić information content (AvgIpc) is 3.05. The van der Waals surface area contributed by atoms with E-state index in [1.807, 2.05) is 19.1 Å². The van der Waals surface area contributed by atoms with Crippen molar-refractivity contribution in [3.05, 3.63) is 41.2 Å². The summed E-state index contributed by atoms with van der Waals surface area (Å²) in [5.74, 6) is 1.78. The first-order valence-electron chi connectivity index (χ1n) is 9.44. The third-order valence-corrected chi connectivity index (χ3v) is 5.14. The Balaban J connectivity index is 1.50. The molecule has 1 atom stereocenters. The standard InChI is InChI=1S/C20H29N3O2/c1-15(12-17-8-4-3-5-9-17)21-13-18-10-6-7-11-20(18)24-14-19-16(2)22-25-23-19/h6-7,10-11,15,17,21H,3-5,8-9,12-14H2,1-2H3. The maximum Gasteiger partial charge on any atom is 0.145 e. The molecule has 0 radical (unpaired) electrons. The summed E-state index contributed by atoms with van der Waals surface area (Å²) in [6.07, 6.45) is 8.30. The number of benzene rings is 1. The lowest BCUT2D eigenvalue weighted by Crippen LogP contribution is -2.28. The van der Waals surface area contributed by atoms with Gasteiger partial charge in [-0.2, -0.15) is 0 Å². The highest BCUT2D eigenvalue weighted by Crippen LogP contribution is 2.27. The molecule has 0 spiro atoms. The van der Waals surface area contributed by atoms with Crippen LogP contribution in [0.2, 0.25) is 0 Å². The topological polar surface area (TPSA) is 60.2 Å². The van der Waals surface area contributed by atoms with E-state index in [9.17, 15) is 0 Å². The lowest BCUT2D eigenvalue weighted by molar-refractivity contribution is 0.267. The summed E-state index contributed by atoms with van der Waals surface area (Å²) in [6.45, 7) is 5.36. The zero-order chi connectivity index (χ0) is 17.5. The summed E-state index contributed by atoms with van der Waals surface area (Å²) in [6, 6.07) is 8.70. The molecule has 136 valence electrons. The number of para-hydroxylation sites is 1. The van der Waals surface area contributed by atoms with Crippen molar-refractivity contribution in [1.29, 1.82) is 0 Å². The van der Waals surface area contributed by atoms with E-state index >= 15 is 0 Å². The van der Waals surface area contributed by atoms with Crippen molar-refractivity contribution in [3.63, 3.8) is 0 Å². The van der Waals surface area contributed by atoms with E-state index in [1.54, 1.807) is 0 Å². The van der Waals surface area contributed by atoms with Crippen LogP contribution in [0.1, 0.15) is 62.4 Å². The Morgan fingerprint density at radius 1 is 1.20 bits per heavy atom. The van der Waals surface area contributed by atoms with Gasteiger partial charge in [0, 0.05) is 18.2 Å². The van der Waals surface area contributed by atoms with Crippen LogP contribution >= 0.6 is 0 Å². The van der Waals surface area contributed by atoms with Crippen LogP contribution in [0.15, 0.2) is 28.9 Å². The summed E-state index contributed by atoms with van der Waals surface area (Å²) >= 11 is 0. The Labute approximate surface area is 150 Å². The molecular formula is C20H29N3O2. The van der Waals surface area contributed by atoms with E-state index in [2.05, 4.69) is 34.7 Å². The van der Waals surface area contributed by atoms with E-state index in [0.717, 1.165) is 29.6 Å². The largest absolute Gasteiger partial charge is 0.487 e. The van der Waals surface area contributed by atoms with Crippen LogP contribution in [0.3, 0.4) is 0 Å². The first-order valence-corrected chi connectivity index (χ1v) is 9.44. The molecule has 0 amide bonds. The van der Waals surface area contributed by atoms with Gasteiger partial charge in [0.05, 0.1) is 0 Å². The monoisotopic (exact) mass is 343 g/mol. The Morgan fingerprint density at radius 2 is 2.00 bits per heavy atom. The van der Waals surface area contributed by atoms with Crippen LogP contribution < -0.4 is 10.1 Å². The van der Waals surface area contributed by atoms with Gasteiger partial charge < -0.3 is 10.1 Å². The van der Waals surface area contributed by atoms with Crippen molar-refractivity contribution in [1.82, 2.24) is 15.6 Å². The molecular weight excluding hydrogens is 314 g/mol. The van der Waals surface area contributed by atoms with Crippen LogP contribution in [0.5, 0.6) is 5.75 Å². The molecule has 1 aliphatic rings. The van der Waals surface area contributed by atoms with Gasteiger partial charge in [-0.3, -0.25) is 0 Å². The number of hydrogen-bond acceptors (Lipinski definition) is 5. The van der Waals surface area contributed by atoms with Gasteiger partial charge in [0.25, 0.3) is 0 Å². The highest BCUT2D eigenvalue weighted by Gasteiger charge is 2.16. The molecule has 2 aromatic rings. The SMILES string of the molecule is Cc1nonc1COc1ccccc1CNC(C)CC1CCCCC1. The van der Waals surface area contributed by atoms with Crippen molar-refractivity contribution in [2.75, 3.05) is 0 Å². The van der Waals surface area contributed by atoms with Crippen LogP contribution in [0.4, 0.5) is 0 Å². The molecule has 0 saturated heterocycles. The Kier molecular flexibility index (Phi) is 6.45. The molecule has 1 saturated carbocycles. The zero-order valence-corrected chi connectivity index (χ0v) is 15.3. The van der Waals surface area contributed by atoms with Crippen LogP contribution in [-0.4, -0.2) is 16.4 Å². The highest BCUT2D eigenvalue weighted by atomic mass is 16.6. The fourth-order valence-corrected chi connectivity index (χ4v) is 3.61. The molecule has 3 rings (SSSR count). The predicted octanol–water partition coefficient (Wildman–Crippen LogP) is 4.41. The van der Waals surface area contributed by atoms with Crippen molar-refractivity contribution in [2.45, 2.75) is 71.6 Å². The van der Waals surface area contributed by atoms with E-state index in [1.165, 1.54) is 44.1 Å². The molecule has 1 unspecified atom stereocenters. The maximum atomic E-state index is 5.94. The molecule has 1 aliphatic carbocycles. The minimum absolute atomic E-state index is 0.379. The normalized spacial score (nSPS) is 16.7. The molecule has 1 N–H and O–H groups in total. The lowest BCUT2D eigenvalue weighted by atomic mass is 9.85. The highest BCUT2D eigenvalue weighted by molar-refractivity contribution is 5.33. The number of nitrogens with zero attached hydrogens (tertiary/aromatic N) is 2. The minimum Gasteiger partial charge on any atom is -0.487 e. The smallest absolute Gasteiger partial charge is 0.145 e. The van der Waals surface area contributed by atoms with Crippen molar-refractivity contribution < 1.29 is 9.37 Å². The summed E-state index contributed by atoms with van der Waals surface area (Å²) in [4.78, 5) is 0. The Morgan fingerprint density at radius 3 is 2.76 bits per heavy atom. The second kappa shape index (κ2) is 8.99. The van der Waals surface area contributed by atoms with Gasteiger partial charge in [-0.1, -0.05) is 60.6 Å². The van der Waals surface area contributed by atoms with Gasteiger partial charge >= 0.3 is 0 Å². The second-order valence-corrected chi connectivity index (χ2v) is 7.21. The predicted molar refractivity (Wildman–Crippen MR) is 97.3 cm³/mol. The van der Waals surface area contributed by atoms with Gasteiger partial charge in [-0.15, -0.1) is 0 Å². The number of rotatable bonds is 8. The van der Waals surface area contributed by atoms with Crippen LogP contribution in [-0.2, 0) is 13.2 Å². The first kappa shape index (κ1) is 17.9. The molecule has 0 bridgehead atoms. The molecule has 1 fully saturated rings. The quantitative estimate of drug-likeness (QED) is 0.769. The average molecular weight is 343 g/mol. The van der Waals surface area contributed by atoms with Crippen LogP contribution in [0.25, 0.3) is 0 Å². The van der Waals surface area contributed by atoms with Gasteiger partial charge in [0.2, 0.25) is 0 Å². The van der Waals surface area contributed by atoms with Gasteiger partial charge in [-0.05, 0) is 32.3 Å². The number of hydrogen-bond donors (Lipinski definition) is 1. The van der Waals surface area contributed by atoms with Gasteiger partial charge in [-0.25, -0.2) is 4.63 Å². The van der Waals surface area contributed by atoms with E-state index < -0.39 is 0 Å². The molecule has 1 aromatic heterocycles.